The van der Waals surface area contributed by atoms with Crippen LogP contribution in [0.5, 0.6) is 5.75 Å². The number of hydrogen-bond acceptors (Lipinski definition) is 6. The Morgan fingerprint density at radius 3 is 2.88 bits per heavy atom. The molecule has 2 aromatic rings. The average Bonchev–Trinajstić information content (AvgIpc) is 2.80. The third-order valence-corrected chi connectivity index (χ3v) is 5.84. The fourth-order valence-corrected chi connectivity index (χ4v) is 4.00. The molecule has 0 saturated carbocycles. The van der Waals surface area contributed by atoms with Gasteiger partial charge in [0.05, 0.1) is 33.0 Å². The van der Waals surface area contributed by atoms with E-state index in [1.54, 1.807) is 7.11 Å². The Balaban J connectivity index is 1.72. The molecular weight excluding hydrogens is 428 g/mol. The van der Waals surface area contributed by atoms with Crippen molar-refractivity contribution in [3.8, 4) is 5.75 Å². The summed E-state index contributed by atoms with van der Waals surface area (Å²) < 4.78 is 16.2. The molecule has 0 radical (unpaired) electrons. The summed E-state index contributed by atoms with van der Waals surface area (Å²) in [5.41, 5.74) is 1.37. The minimum atomic E-state index is -0.0977. The largest absolute Gasteiger partial charge is 0.494 e. The molecule has 1 aromatic carbocycles. The molecule has 1 fully saturated rings. The lowest BCUT2D eigenvalue weighted by molar-refractivity contribution is 0.0367. The molecule has 9 heteroatoms. The maximum absolute atomic E-state index is 12.8. The van der Waals surface area contributed by atoms with Gasteiger partial charge in [-0.05, 0) is 49.8 Å². The third kappa shape index (κ3) is 7.16. The monoisotopic (exact) mass is 462 g/mol. The number of methoxy groups -OCH3 is 1. The van der Waals surface area contributed by atoms with Crippen LogP contribution < -0.4 is 15.6 Å². The van der Waals surface area contributed by atoms with Gasteiger partial charge in [0.2, 0.25) is 0 Å². The van der Waals surface area contributed by atoms with Gasteiger partial charge in [0.25, 0.3) is 5.56 Å². The first-order valence-electron chi connectivity index (χ1n) is 11.2. The van der Waals surface area contributed by atoms with Crippen molar-refractivity contribution in [1.29, 1.82) is 0 Å². The molecule has 1 aliphatic rings. The van der Waals surface area contributed by atoms with Crippen molar-refractivity contribution >= 4 is 28.2 Å². The van der Waals surface area contributed by atoms with Crippen LogP contribution in [0.25, 0.3) is 10.9 Å². The number of fused-ring (bicyclic) bond motifs is 1. The second-order valence-electron chi connectivity index (χ2n) is 7.76. The number of nitrogens with one attached hydrogen (secondary N) is 2. The summed E-state index contributed by atoms with van der Waals surface area (Å²) in [5, 5.41) is 4.81. The lowest BCUT2D eigenvalue weighted by Crippen LogP contribution is -2.43. The van der Waals surface area contributed by atoms with Crippen LogP contribution in [0, 0.1) is 0 Å². The van der Waals surface area contributed by atoms with Gasteiger partial charge in [0, 0.05) is 56.3 Å². The van der Waals surface area contributed by atoms with E-state index in [2.05, 4.69) is 20.1 Å². The van der Waals surface area contributed by atoms with Crippen LogP contribution in [0.4, 0.5) is 0 Å². The number of thiocarbonyl (C=S) groups is 1. The van der Waals surface area contributed by atoms with E-state index >= 15 is 0 Å². The van der Waals surface area contributed by atoms with Crippen LogP contribution in [-0.4, -0.2) is 86.2 Å². The standard InChI is InChI=1S/C23H34N4O4S/c1-3-31-20-5-6-21-18(16-20)15-19(22(28)25-21)17-27(23(32)24-7-12-29-2)9-4-8-26-10-13-30-14-11-26/h5-6,15-16H,3-4,7-14,17H2,1-2H3,(H,24,32)(H,25,28). The van der Waals surface area contributed by atoms with E-state index in [9.17, 15) is 4.79 Å². The van der Waals surface area contributed by atoms with Crippen LogP contribution in [0.15, 0.2) is 29.1 Å². The Labute approximate surface area is 194 Å². The number of pyridine rings is 1. The number of benzene rings is 1. The van der Waals surface area contributed by atoms with Gasteiger partial charge in [-0.3, -0.25) is 9.69 Å². The summed E-state index contributed by atoms with van der Waals surface area (Å²) in [6.45, 7) is 9.42. The number of ether oxygens (including phenoxy) is 3. The molecule has 0 amide bonds. The molecule has 32 heavy (non-hydrogen) atoms. The number of aromatic amines is 1. The number of morpholine rings is 1. The SMILES string of the molecule is CCOc1ccc2[nH]c(=O)c(CN(CCCN3CCOCC3)C(=S)NCCOC)cc2c1. The molecule has 2 N–H and O–H groups in total. The summed E-state index contributed by atoms with van der Waals surface area (Å²) >= 11 is 5.65. The van der Waals surface area contributed by atoms with E-state index in [1.807, 2.05) is 31.2 Å². The van der Waals surface area contributed by atoms with E-state index in [4.69, 9.17) is 26.4 Å². The zero-order valence-electron chi connectivity index (χ0n) is 19.0. The van der Waals surface area contributed by atoms with Crippen LogP contribution in [0.2, 0.25) is 0 Å². The first kappa shape index (κ1) is 24.4. The fourth-order valence-electron chi connectivity index (χ4n) is 3.74. The van der Waals surface area contributed by atoms with Crippen molar-refractivity contribution in [2.45, 2.75) is 19.9 Å². The molecule has 0 aliphatic carbocycles. The minimum absolute atomic E-state index is 0.0977. The molecule has 2 heterocycles. The summed E-state index contributed by atoms with van der Waals surface area (Å²) in [5.74, 6) is 0.789. The number of aromatic nitrogens is 1. The Morgan fingerprint density at radius 2 is 2.12 bits per heavy atom. The lowest BCUT2D eigenvalue weighted by Gasteiger charge is -2.29. The maximum atomic E-state index is 12.8. The van der Waals surface area contributed by atoms with Crippen molar-refractivity contribution < 1.29 is 14.2 Å². The Morgan fingerprint density at radius 1 is 1.31 bits per heavy atom. The highest BCUT2D eigenvalue weighted by atomic mass is 32.1. The van der Waals surface area contributed by atoms with Gasteiger partial charge in [0.1, 0.15) is 5.75 Å². The summed E-state index contributed by atoms with van der Waals surface area (Å²) in [7, 11) is 1.66. The van der Waals surface area contributed by atoms with Crippen molar-refractivity contribution in [3.63, 3.8) is 0 Å². The van der Waals surface area contributed by atoms with Gasteiger partial charge >= 0.3 is 0 Å². The summed E-state index contributed by atoms with van der Waals surface area (Å²) in [4.78, 5) is 20.2. The van der Waals surface area contributed by atoms with Crippen molar-refractivity contribution in [3.05, 3.63) is 40.2 Å². The minimum Gasteiger partial charge on any atom is -0.494 e. The average molecular weight is 463 g/mol. The fraction of sp³-hybridized carbons (Fsp3) is 0.565. The van der Waals surface area contributed by atoms with Gasteiger partial charge in [-0.1, -0.05) is 0 Å². The van der Waals surface area contributed by atoms with E-state index in [0.29, 0.717) is 37.0 Å². The molecule has 0 spiro atoms. The number of nitrogens with zero attached hydrogens (tertiary/aromatic N) is 2. The van der Waals surface area contributed by atoms with Crippen molar-refractivity contribution in [1.82, 2.24) is 20.1 Å². The molecular formula is C23H34N4O4S. The van der Waals surface area contributed by atoms with E-state index in [0.717, 1.165) is 62.5 Å². The van der Waals surface area contributed by atoms with Crippen LogP contribution in [-0.2, 0) is 16.0 Å². The highest BCUT2D eigenvalue weighted by Gasteiger charge is 2.15. The quantitative estimate of drug-likeness (QED) is 0.388. The van der Waals surface area contributed by atoms with E-state index in [-0.39, 0.29) is 5.56 Å². The molecule has 0 atom stereocenters. The van der Waals surface area contributed by atoms with Crippen LogP contribution in [0.3, 0.4) is 0 Å². The van der Waals surface area contributed by atoms with Gasteiger partial charge in [-0.25, -0.2) is 0 Å². The maximum Gasteiger partial charge on any atom is 0.253 e. The molecule has 0 unspecified atom stereocenters. The molecule has 176 valence electrons. The van der Waals surface area contributed by atoms with Crippen molar-refractivity contribution in [2.75, 3.05) is 66.3 Å². The normalized spacial score (nSPS) is 14.4. The molecule has 8 nitrogen and oxygen atoms in total. The Bertz CT molecular complexity index is 930. The van der Waals surface area contributed by atoms with Gasteiger partial charge < -0.3 is 29.4 Å². The molecule has 0 bridgehead atoms. The predicted octanol–water partition coefficient (Wildman–Crippen LogP) is 1.97. The van der Waals surface area contributed by atoms with Gasteiger partial charge in [-0.15, -0.1) is 0 Å². The van der Waals surface area contributed by atoms with Crippen LogP contribution >= 0.6 is 12.2 Å². The Kier molecular flexibility index (Phi) is 9.73. The molecule has 1 aromatic heterocycles. The number of rotatable bonds is 11. The smallest absolute Gasteiger partial charge is 0.253 e. The molecule has 1 aliphatic heterocycles. The zero-order chi connectivity index (χ0) is 22.8. The second kappa shape index (κ2) is 12.7. The third-order valence-electron chi connectivity index (χ3n) is 5.44. The second-order valence-corrected chi connectivity index (χ2v) is 8.15. The van der Waals surface area contributed by atoms with Gasteiger partial charge in [-0.2, -0.15) is 0 Å². The first-order valence-corrected chi connectivity index (χ1v) is 11.6. The lowest BCUT2D eigenvalue weighted by atomic mass is 10.1. The van der Waals surface area contributed by atoms with E-state index in [1.165, 1.54) is 0 Å². The Hall–Kier alpha value is -2.20. The molecule has 1 saturated heterocycles. The summed E-state index contributed by atoms with van der Waals surface area (Å²) in [6.07, 6.45) is 0.950. The van der Waals surface area contributed by atoms with Crippen molar-refractivity contribution in [2.24, 2.45) is 0 Å². The van der Waals surface area contributed by atoms with Crippen LogP contribution in [0.1, 0.15) is 18.9 Å². The van der Waals surface area contributed by atoms with Gasteiger partial charge in [0.15, 0.2) is 5.11 Å². The predicted molar refractivity (Wildman–Crippen MR) is 131 cm³/mol. The number of hydrogen-bond donors (Lipinski definition) is 2. The zero-order valence-corrected chi connectivity index (χ0v) is 19.8. The highest BCUT2D eigenvalue weighted by Crippen LogP contribution is 2.19. The van der Waals surface area contributed by atoms with E-state index < -0.39 is 0 Å². The highest BCUT2D eigenvalue weighted by molar-refractivity contribution is 7.80. The topological polar surface area (TPSA) is 79.1 Å². The first-order chi connectivity index (χ1) is 15.6. The molecule has 3 rings (SSSR count). The summed E-state index contributed by atoms with van der Waals surface area (Å²) in [6, 6.07) is 7.64. The number of H-pyrrole nitrogens is 1.